The van der Waals surface area contributed by atoms with Gasteiger partial charge in [-0.2, -0.15) is 0 Å². The molecule has 4 rings (SSSR count). The van der Waals surface area contributed by atoms with Gasteiger partial charge in [-0.25, -0.2) is 8.42 Å². The number of hydrogen-bond donors (Lipinski definition) is 0. The lowest BCUT2D eigenvalue weighted by atomic mass is 10.1. The first-order valence-electron chi connectivity index (χ1n) is 10.8. The normalized spacial score (nSPS) is 20.7. The van der Waals surface area contributed by atoms with E-state index >= 15 is 0 Å². The van der Waals surface area contributed by atoms with Gasteiger partial charge < -0.3 is 9.47 Å². The molecule has 2 aliphatic rings. The van der Waals surface area contributed by atoms with Gasteiger partial charge in [0.15, 0.2) is 20.8 Å². The van der Waals surface area contributed by atoms with Crippen molar-refractivity contribution in [2.75, 3.05) is 17.3 Å². The van der Waals surface area contributed by atoms with Crippen LogP contribution in [-0.2, 0) is 21.2 Å². The minimum absolute atomic E-state index is 0.0271. The van der Waals surface area contributed by atoms with Crippen LogP contribution in [0.5, 0.6) is 0 Å². The maximum atomic E-state index is 13.3. The summed E-state index contributed by atoms with van der Waals surface area (Å²) in [4.78, 5) is 15.2. The minimum Gasteiger partial charge on any atom is -0.335 e. The average Bonchev–Trinajstić information content (AvgIpc) is 3.47. The van der Waals surface area contributed by atoms with Crippen LogP contribution in [0.3, 0.4) is 0 Å². The van der Waals surface area contributed by atoms with Crippen LogP contribution in [0.2, 0.25) is 10.0 Å². The Kier molecular flexibility index (Phi) is 7.39. The zero-order valence-corrected chi connectivity index (χ0v) is 21.0. The van der Waals surface area contributed by atoms with Gasteiger partial charge in [0.2, 0.25) is 5.91 Å². The zero-order chi connectivity index (χ0) is 22.9. The predicted octanol–water partition coefficient (Wildman–Crippen LogP) is 4.32. The highest BCUT2D eigenvalue weighted by Crippen LogP contribution is 2.33. The third kappa shape index (κ3) is 5.11. The Hall–Kier alpha value is -1.29. The molecular formula is C21H26Cl2N4O3S2. The van der Waals surface area contributed by atoms with Crippen LogP contribution >= 0.6 is 35.0 Å². The number of carbonyl (C=O) groups is 1. The summed E-state index contributed by atoms with van der Waals surface area (Å²) in [5, 5.41) is 10.3. The highest BCUT2D eigenvalue weighted by atomic mass is 35.5. The fraction of sp³-hybridized carbons (Fsp3) is 0.571. The number of rotatable bonds is 7. The summed E-state index contributed by atoms with van der Waals surface area (Å²) in [6, 6.07) is 5.14. The molecule has 1 saturated heterocycles. The van der Waals surface area contributed by atoms with E-state index in [0.717, 1.165) is 31.2 Å². The lowest BCUT2D eigenvalue weighted by Gasteiger charge is -2.34. The number of nitrogens with zero attached hydrogens (tertiary/aromatic N) is 4. The SMILES string of the molecule is CCn1c(SCC(=O)N(C2CCCC2)C2CCS(=O)(=O)C2)nnc1-c1ccc(Cl)cc1Cl. The molecule has 1 atom stereocenters. The van der Waals surface area contributed by atoms with E-state index in [-0.39, 0.29) is 35.2 Å². The van der Waals surface area contributed by atoms with Crippen molar-refractivity contribution in [2.45, 2.75) is 62.8 Å². The van der Waals surface area contributed by atoms with Gasteiger partial charge in [-0.15, -0.1) is 10.2 Å². The first-order valence-corrected chi connectivity index (χ1v) is 14.4. The topological polar surface area (TPSA) is 85.2 Å². The molecule has 1 aliphatic carbocycles. The largest absolute Gasteiger partial charge is 0.335 e. The standard InChI is InChI=1S/C21H26Cl2N4O3S2/c1-2-26-20(17-8-7-14(22)11-18(17)23)24-25-21(26)31-12-19(28)27(15-5-3-4-6-15)16-9-10-32(29,30)13-16/h7-8,11,15-16H,2-6,9-10,12-13H2,1H3. The van der Waals surface area contributed by atoms with Gasteiger partial charge in [-0.3, -0.25) is 4.79 Å². The highest BCUT2D eigenvalue weighted by Gasteiger charge is 2.39. The molecule has 2 aromatic rings. The summed E-state index contributed by atoms with van der Waals surface area (Å²) >= 11 is 13.7. The molecule has 1 aromatic carbocycles. The van der Waals surface area contributed by atoms with E-state index in [1.807, 2.05) is 22.5 Å². The van der Waals surface area contributed by atoms with Crippen molar-refractivity contribution in [3.8, 4) is 11.4 Å². The van der Waals surface area contributed by atoms with Crippen LogP contribution < -0.4 is 0 Å². The van der Waals surface area contributed by atoms with Gasteiger partial charge in [-0.05, 0) is 44.4 Å². The summed E-state index contributed by atoms with van der Waals surface area (Å²) < 4.78 is 26.0. The lowest BCUT2D eigenvalue weighted by Crippen LogP contribution is -2.47. The summed E-state index contributed by atoms with van der Waals surface area (Å²) in [7, 11) is -3.06. The summed E-state index contributed by atoms with van der Waals surface area (Å²) in [6.07, 6.45) is 4.57. The van der Waals surface area contributed by atoms with Crippen molar-refractivity contribution in [3.63, 3.8) is 0 Å². The van der Waals surface area contributed by atoms with Gasteiger partial charge in [0.05, 0.1) is 22.3 Å². The fourth-order valence-electron chi connectivity index (χ4n) is 4.63. The number of benzene rings is 1. The Morgan fingerprint density at radius 1 is 1.19 bits per heavy atom. The Labute approximate surface area is 202 Å². The quantitative estimate of drug-likeness (QED) is 0.509. The van der Waals surface area contributed by atoms with Gasteiger partial charge in [0.25, 0.3) is 0 Å². The number of aromatic nitrogens is 3. The molecule has 2 fully saturated rings. The number of hydrogen-bond acceptors (Lipinski definition) is 6. The third-order valence-corrected chi connectivity index (χ3v) is 9.39. The number of amides is 1. The number of thioether (sulfide) groups is 1. The van der Waals surface area contributed by atoms with Crippen LogP contribution in [0.25, 0.3) is 11.4 Å². The van der Waals surface area contributed by atoms with Crippen molar-refractivity contribution in [1.82, 2.24) is 19.7 Å². The summed E-state index contributed by atoms with van der Waals surface area (Å²) in [6.45, 7) is 2.60. The second-order valence-electron chi connectivity index (χ2n) is 8.26. The summed E-state index contributed by atoms with van der Waals surface area (Å²) in [5.41, 5.74) is 0.729. The maximum Gasteiger partial charge on any atom is 0.233 e. The van der Waals surface area contributed by atoms with E-state index < -0.39 is 9.84 Å². The fourth-order valence-corrected chi connectivity index (χ4v) is 7.71. The smallest absolute Gasteiger partial charge is 0.233 e. The second-order valence-corrected chi connectivity index (χ2v) is 12.3. The molecule has 7 nitrogen and oxygen atoms in total. The number of carbonyl (C=O) groups excluding carboxylic acids is 1. The van der Waals surface area contributed by atoms with Crippen LogP contribution in [0.15, 0.2) is 23.4 Å². The maximum absolute atomic E-state index is 13.3. The van der Waals surface area contributed by atoms with E-state index in [9.17, 15) is 13.2 Å². The van der Waals surface area contributed by atoms with Crippen LogP contribution in [0.1, 0.15) is 39.0 Å². The van der Waals surface area contributed by atoms with Crippen LogP contribution in [-0.4, -0.2) is 63.3 Å². The van der Waals surface area contributed by atoms with Gasteiger partial charge >= 0.3 is 0 Å². The second kappa shape index (κ2) is 9.91. The average molecular weight is 518 g/mol. The Morgan fingerprint density at radius 2 is 1.94 bits per heavy atom. The molecule has 1 aromatic heterocycles. The Bertz CT molecular complexity index is 1100. The Morgan fingerprint density at radius 3 is 2.56 bits per heavy atom. The van der Waals surface area contributed by atoms with E-state index in [0.29, 0.717) is 34.0 Å². The molecule has 0 spiro atoms. The molecule has 1 amide bonds. The van der Waals surface area contributed by atoms with E-state index in [1.54, 1.807) is 12.1 Å². The third-order valence-electron chi connectivity index (χ3n) is 6.14. The van der Waals surface area contributed by atoms with Crippen molar-refractivity contribution < 1.29 is 13.2 Å². The highest BCUT2D eigenvalue weighted by molar-refractivity contribution is 7.99. The Balaban J connectivity index is 1.51. The van der Waals surface area contributed by atoms with Crippen molar-refractivity contribution in [1.29, 1.82) is 0 Å². The lowest BCUT2D eigenvalue weighted by molar-refractivity contribution is -0.132. The molecule has 0 bridgehead atoms. The molecule has 1 saturated carbocycles. The molecule has 32 heavy (non-hydrogen) atoms. The number of sulfone groups is 1. The molecular weight excluding hydrogens is 491 g/mol. The van der Waals surface area contributed by atoms with Gasteiger partial charge in [0, 0.05) is 29.2 Å². The molecule has 11 heteroatoms. The molecule has 1 unspecified atom stereocenters. The zero-order valence-electron chi connectivity index (χ0n) is 17.8. The molecule has 0 radical (unpaired) electrons. The van der Waals surface area contributed by atoms with Gasteiger partial charge in [0.1, 0.15) is 0 Å². The van der Waals surface area contributed by atoms with E-state index in [2.05, 4.69) is 10.2 Å². The minimum atomic E-state index is -3.06. The predicted molar refractivity (Wildman–Crippen MR) is 128 cm³/mol. The molecule has 1 aliphatic heterocycles. The van der Waals surface area contributed by atoms with Crippen LogP contribution in [0.4, 0.5) is 0 Å². The molecule has 0 N–H and O–H groups in total. The first-order chi connectivity index (χ1) is 15.3. The van der Waals surface area contributed by atoms with E-state index in [1.165, 1.54) is 11.8 Å². The number of halogens is 2. The van der Waals surface area contributed by atoms with E-state index in [4.69, 9.17) is 23.2 Å². The van der Waals surface area contributed by atoms with Crippen LogP contribution in [0, 0.1) is 0 Å². The molecule has 174 valence electrons. The monoisotopic (exact) mass is 516 g/mol. The van der Waals surface area contributed by atoms with Gasteiger partial charge in [-0.1, -0.05) is 47.8 Å². The van der Waals surface area contributed by atoms with Crippen molar-refractivity contribution in [2.24, 2.45) is 0 Å². The summed E-state index contributed by atoms with van der Waals surface area (Å²) in [5.74, 6) is 1.03. The molecule has 2 heterocycles. The first kappa shape index (κ1) is 23.9. The van der Waals surface area contributed by atoms with Crippen molar-refractivity contribution >= 4 is 50.7 Å². The van der Waals surface area contributed by atoms with Crippen molar-refractivity contribution in [3.05, 3.63) is 28.2 Å².